The summed E-state index contributed by atoms with van der Waals surface area (Å²) < 4.78 is 5.52. The van der Waals surface area contributed by atoms with Gasteiger partial charge < -0.3 is 20.1 Å². The van der Waals surface area contributed by atoms with Gasteiger partial charge in [0, 0.05) is 24.5 Å². The highest BCUT2D eigenvalue weighted by molar-refractivity contribution is 14.0. The molecule has 2 rings (SSSR count). The summed E-state index contributed by atoms with van der Waals surface area (Å²) in [7, 11) is 1.42. The molecule has 2 N–H and O–H groups in total. The van der Waals surface area contributed by atoms with E-state index < -0.39 is 6.10 Å². The Morgan fingerprint density at radius 1 is 1.56 bits per heavy atom. The number of carbonyl (C=O) groups excluding carboxylic acids is 1. The van der Waals surface area contributed by atoms with E-state index in [9.17, 15) is 9.90 Å². The van der Waals surface area contributed by atoms with Crippen molar-refractivity contribution in [1.82, 2.24) is 10.2 Å². The third kappa shape index (κ3) is 5.97. The molecule has 1 aromatic rings. The van der Waals surface area contributed by atoms with E-state index in [-0.39, 0.29) is 48.3 Å². The van der Waals surface area contributed by atoms with E-state index in [1.807, 2.05) is 24.8 Å². The maximum absolute atomic E-state index is 11.8. The van der Waals surface area contributed by atoms with Crippen LogP contribution in [0.2, 0.25) is 4.34 Å². The molecular weight excluding hydrogens is 477 g/mol. The molecule has 0 bridgehead atoms. The first-order valence-electron chi connectivity index (χ1n) is 8.00. The third-order valence-corrected chi connectivity index (χ3v) is 5.42. The number of carbonyl (C=O) groups is 1. The Hall–Kier alpha value is -0.580. The summed E-state index contributed by atoms with van der Waals surface area (Å²) in [6.07, 6.45) is -0.687. The summed E-state index contributed by atoms with van der Waals surface area (Å²) in [5, 5.41) is 13.5. The van der Waals surface area contributed by atoms with E-state index in [1.54, 1.807) is 6.07 Å². The monoisotopic (exact) mass is 501 g/mol. The van der Waals surface area contributed by atoms with E-state index in [4.69, 9.17) is 16.3 Å². The number of aliphatic imine (C=N–C) groups is 1. The number of esters is 1. The van der Waals surface area contributed by atoms with Gasteiger partial charge in [0.15, 0.2) is 5.96 Å². The lowest BCUT2D eigenvalue weighted by Gasteiger charge is -2.22. The van der Waals surface area contributed by atoms with E-state index in [0.717, 1.165) is 11.4 Å². The zero-order valence-electron chi connectivity index (χ0n) is 14.6. The maximum atomic E-state index is 11.8. The molecule has 0 aromatic carbocycles. The van der Waals surface area contributed by atoms with Gasteiger partial charge in [0.25, 0.3) is 0 Å². The summed E-state index contributed by atoms with van der Waals surface area (Å²) in [4.78, 5) is 19.2. The van der Waals surface area contributed by atoms with Gasteiger partial charge in [0.1, 0.15) is 6.10 Å². The van der Waals surface area contributed by atoms with Crippen LogP contribution in [0, 0.1) is 11.8 Å². The van der Waals surface area contributed by atoms with Gasteiger partial charge in [0.05, 0.1) is 23.9 Å². The number of thiophene rings is 1. The minimum absolute atomic E-state index is 0. The molecule has 0 radical (unpaired) electrons. The fourth-order valence-electron chi connectivity index (χ4n) is 2.79. The lowest BCUT2D eigenvalue weighted by Crippen LogP contribution is -2.41. The molecule has 9 heteroatoms. The van der Waals surface area contributed by atoms with Crippen LogP contribution >= 0.6 is 46.9 Å². The van der Waals surface area contributed by atoms with Crippen molar-refractivity contribution < 1.29 is 14.6 Å². The van der Waals surface area contributed by atoms with Crippen LogP contribution in [0.1, 0.15) is 24.8 Å². The highest BCUT2D eigenvalue weighted by Gasteiger charge is 2.36. The van der Waals surface area contributed by atoms with Crippen LogP contribution in [-0.2, 0) is 9.53 Å². The smallest absolute Gasteiger partial charge is 0.310 e. The third-order valence-electron chi connectivity index (χ3n) is 4.09. The van der Waals surface area contributed by atoms with Gasteiger partial charge >= 0.3 is 5.97 Å². The summed E-state index contributed by atoms with van der Waals surface area (Å²) in [5.41, 5.74) is 0. The number of ether oxygens (including phenoxy) is 1. The first kappa shape index (κ1) is 22.5. The molecule has 0 spiro atoms. The van der Waals surface area contributed by atoms with Crippen LogP contribution < -0.4 is 5.32 Å². The molecule has 25 heavy (non-hydrogen) atoms. The Morgan fingerprint density at radius 2 is 2.28 bits per heavy atom. The minimum Gasteiger partial charge on any atom is -0.469 e. The topological polar surface area (TPSA) is 74.2 Å². The SMILES string of the molecule is CCNC(=NCC(O)c1ccc(Cl)s1)N1CC(C)C(C(=O)OC)C1.I. The molecule has 142 valence electrons. The Kier molecular flexibility index (Phi) is 9.47. The van der Waals surface area contributed by atoms with Crippen molar-refractivity contribution in [3.8, 4) is 0 Å². The maximum Gasteiger partial charge on any atom is 0.310 e. The number of guanidine groups is 1. The van der Waals surface area contributed by atoms with Crippen molar-refractivity contribution in [2.45, 2.75) is 20.0 Å². The number of rotatable bonds is 5. The van der Waals surface area contributed by atoms with Gasteiger partial charge in [-0.15, -0.1) is 35.3 Å². The average molecular weight is 502 g/mol. The Bertz CT molecular complexity index is 599. The number of hydrogen-bond donors (Lipinski definition) is 2. The molecule has 0 amide bonds. The molecule has 1 fully saturated rings. The summed E-state index contributed by atoms with van der Waals surface area (Å²) in [5.74, 6) is 0.564. The molecule has 3 atom stereocenters. The normalized spacial score (nSPS) is 21.6. The second kappa shape index (κ2) is 10.5. The van der Waals surface area contributed by atoms with Gasteiger partial charge in [-0.3, -0.25) is 9.79 Å². The van der Waals surface area contributed by atoms with Crippen LogP contribution in [0.3, 0.4) is 0 Å². The number of aliphatic hydroxyl groups excluding tert-OH is 1. The Morgan fingerprint density at radius 3 is 2.84 bits per heavy atom. The molecule has 0 aliphatic carbocycles. The second-order valence-corrected chi connectivity index (χ2v) is 7.61. The number of nitrogens with zero attached hydrogens (tertiary/aromatic N) is 2. The fourth-order valence-corrected chi connectivity index (χ4v) is 3.83. The van der Waals surface area contributed by atoms with Gasteiger partial charge in [-0.2, -0.15) is 0 Å². The Labute approximate surface area is 174 Å². The van der Waals surface area contributed by atoms with E-state index in [2.05, 4.69) is 10.3 Å². The first-order chi connectivity index (χ1) is 11.5. The number of nitrogens with one attached hydrogen (secondary N) is 1. The predicted octanol–water partition coefficient (Wildman–Crippen LogP) is 2.76. The van der Waals surface area contributed by atoms with Crippen LogP contribution in [0.25, 0.3) is 0 Å². The van der Waals surface area contributed by atoms with Gasteiger partial charge in [-0.1, -0.05) is 18.5 Å². The summed E-state index contributed by atoms with van der Waals surface area (Å²) in [6.45, 7) is 6.28. The fraction of sp³-hybridized carbons (Fsp3) is 0.625. The van der Waals surface area contributed by atoms with Crippen molar-refractivity contribution in [2.24, 2.45) is 16.8 Å². The number of hydrogen-bond acceptors (Lipinski definition) is 5. The molecule has 6 nitrogen and oxygen atoms in total. The van der Waals surface area contributed by atoms with Gasteiger partial charge in [-0.05, 0) is 25.0 Å². The number of halogens is 2. The first-order valence-corrected chi connectivity index (χ1v) is 9.20. The molecule has 0 saturated carbocycles. The number of methoxy groups -OCH3 is 1. The highest BCUT2D eigenvalue weighted by Crippen LogP contribution is 2.27. The van der Waals surface area contributed by atoms with Crippen molar-refractivity contribution >= 4 is 58.8 Å². The molecule has 1 aliphatic rings. The molecule has 2 heterocycles. The van der Waals surface area contributed by atoms with Crippen molar-refractivity contribution in [3.05, 3.63) is 21.3 Å². The van der Waals surface area contributed by atoms with Gasteiger partial charge in [0.2, 0.25) is 0 Å². The van der Waals surface area contributed by atoms with Crippen molar-refractivity contribution in [3.63, 3.8) is 0 Å². The summed E-state index contributed by atoms with van der Waals surface area (Å²) >= 11 is 7.25. The predicted molar refractivity (Wildman–Crippen MR) is 112 cm³/mol. The van der Waals surface area contributed by atoms with E-state index >= 15 is 0 Å². The Balaban J connectivity index is 0.00000312. The zero-order valence-corrected chi connectivity index (χ0v) is 18.5. The molecule has 1 saturated heterocycles. The van der Waals surface area contributed by atoms with Crippen LogP contribution in [0.4, 0.5) is 0 Å². The van der Waals surface area contributed by atoms with E-state index in [0.29, 0.717) is 23.4 Å². The van der Waals surface area contributed by atoms with Crippen LogP contribution in [-0.4, -0.2) is 55.2 Å². The van der Waals surface area contributed by atoms with Gasteiger partial charge in [-0.25, -0.2) is 0 Å². The standard InChI is InChI=1S/C16H24ClN3O3S.HI/c1-4-18-16(19-7-12(21)13-5-6-14(17)24-13)20-8-10(2)11(9-20)15(22)23-3;/h5-6,10-12,21H,4,7-9H2,1-3H3,(H,18,19);1H. The number of likely N-dealkylation sites (tertiary alicyclic amines) is 1. The van der Waals surface area contributed by atoms with Crippen molar-refractivity contribution in [1.29, 1.82) is 0 Å². The highest BCUT2D eigenvalue weighted by atomic mass is 127. The quantitative estimate of drug-likeness (QED) is 0.281. The second-order valence-electron chi connectivity index (χ2n) is 5.86. The molecule has 3 unspecified atom stereocenters. The number of aliphatic hydroxyl groups is 1. The van der Waals surface area contributed by atoms with Crippen LogP contribution in [0.15, 0.2) is 17.1 Å². The van der Waals surface area contributed by atoms with E-state index in [1.165, 1.54) is 18.4 Å². The average Bonchev–Trinajstić information content (AvgIpc) is 3.16. The zero-order chi connectivity index (χ0) is 17.7. The molecule has 1 aliphatic heterocycles. The molecular formula is C16H25ClIN3O3S. The minimum atomic E-state index is -0.687. The van der Waals surface area contributed by atoms with Crippen molar-refractivity contribution in [2.75, 3.05) is 33.3 Å². The lowest BCUT2D eigenvalue weighted by molar-refractivity contribution is -0.145. The summed E-state index contributed by atoms with van der Waals surface area (Å²) in [6, 6.07) is 3.58. The molecule has 1 aromatic heterocycles. The largest absolute Gasteiger partial charge is 0.469 e. The van der Waals surface area contributed by atoms with Crippen LogP contribution in [0.5, 0.6) is 0 Å². The lowest BCUT2D eigenvalue weighted by atomic mass is 9.99.